The fraction of sp³-hybridized carbons (Fsp3) is 0.947. The molecule has 0 bridgehead atoms. The second-order valence-corrected chi connectivity index (χ2v) is 9.73. The van der Waals surface area contributed by atoms with Gasteiger partial charge in [0.2, 0.25) is 10.0 Å². The van der Waals surface area contributed by atoms with Crippen molar-refractivity contribution in [3.8, 4) is 0 Å². The van der Waals surface area contributed by atoms with E-state index < -0.39 is 10.0 Å². The Balaban J connectivity index is 1.71. The Bertz CT molecular complexity index is 548. The summed E-state index contributed by atoms with van der Waals surface area (Å²) in [5.41, 5.74) is 0. The molecule has 2 fully saturated rings. The minimum Gasteiger partial charge on any atom is -0.355 e. The van der Waals surface area contributed by atoms with E-state index in [1.807, 2.05) is 13.8 Å². The van der Waals surface area contributed by atoms with Crippen LogP contribution >= 0.6 is 0 Å². The first-order chi connectivity index (χ1) is 13.0. The maximum Gasteiger partial charge on any atom is 0.215 e. The van der Waals surface area contributed by atoms with Crippen molar-refractivity contribution in [2.75, 3.05) is 45.5 Å². The quantitative estimate of drug-likeness (QED) is 0.477. The van der Waals surface area contributed by atoms with Crippen molar-refractivity contribution in [1.82, 2.24) is 19.8 Å². The SMILES string of the molecule is CCN(CC)S(=O)(=O)CCNC(=NC)NC1CCN(C2CCCCC2)CC1. The van der Waals surface area contributed by atoms with Crippen LogP contribution in [-0.4, -0.2) is 81.2 Å². The van der Waals surface area contributed by atoms with Crippen LogP contribution in [-0.2, 0) is 10.0 Å². The van der Waals surface area contributed by atoms with Crippen molar-refractivity contribution in [2.45, 2.75) is 70.9 Å². The van der Waals surface area contributed by atoms with Crippen molar-refractivity contribution < 1.29 is 8.42 Å². The van der Waals surface area contributed by atoms with Gasteiger partial charge in [0.25, 0.3) is 0 Å². The van der Waals surface area contributed by atoms with Gasteiger partial charge >= 0.3 is 0 Å². The van der Waals surface area contributed by atoms with Crippen molar-refractivity contribution >= 4 is 16.0 Å². The van der Waals surface area contributed by atoms with Crippen LogP contribution in [0, 0.1) is 0 Å². The normalized spacial score (nSPS) is 21.6. The van der Waals surface area contributed by atoms with Crippen LogP contribution < -0.4 is 10.6 Å². The molecule has 0 aromatic rings. The highest BCUT2D eigenvalue weighted by Crippen LogP contribution is 2.25. The zero-order valence-corrected chi connectivity index (χ0v) is 18.2. The first-order valence-electron chi connectivity index (χ1n) is 10.7. The van der Waals surface area contributed by atoms with E-state index in [0.29, 0.717) is 31.6 Å². The lowest BCUT2D eigenvalue weighted by Crippen LogP contribution is -2.51. The molecule has 0 unspecified atom stereocenters. The second kappa shape index (κ2) is 11.2. The Hall–Kier alpha value is -0.860. The third-order valence-corrected chi connectivity index (χ3v) is 7.96. The monoisotopic (exact) mass is 401 g/mol. The van der Waals surface area contributed by atoms with Gasteiger partial charge in [-0.2, -0.15) is 0 Å². The maximum atomic E-state index is 12.3. The summed E-state index contributed by atoms with van der Waals surface area (Å²) in [5.74, 6) is 0.802. The number of piperidine rings is 1. The third-order valence-electron chi connectivity index (χ3n) is 5.94. The zero-order chi connectivity index (χ0) is 19.7. The minimum absolute atomic E-state index is 0.0928. The van der Waals surface area contributed by atoms with E-state index in [1.165, 1.54) is 36.4 Å². The number of sulfonamides is 1. The molecule has 8 heteroatoms. The smallest absolute Gasteiger partial charge is 0.215 e. The highest BCUT2D eigenvalue weighted by atomic mass is 32.2. The van der Waals surface area contributed by atoms with Gasteiger partial charge in [-0.15, -0.1) is 0 Å². The molecule has 158 valence electrons. The molecular formula is C19H39N5O2S. The van der Waals surface area contributed by atoms with Crippen molar-refractivity contribution in [1.29, 1.82) is 0 Å². The van der Waals surface area contributed by atoms with Gasteiger partial charge in [0, 0.05) is 51.9 Å². The number of aliphatic imine (C=N–C) groups is 1. The van der Waals surface area contributed by atoms with Crippen molar-refractivity contribution in [2.24, 2.45) is 4.99 Å². The number of hydrogen-bond donors (Lipinski definition) is 2. The molecule has 1 saturated heterocycles. The van der Waals surface area contributed by atoms with Crippen LogP contribution in [0.4, 0.5) is 0 Å². The molecule has 0 atom stereocenters. The summed E-state index contributed by atoms with van der Waals surface area (Å²) in [6.07, 6.45) is 9.14. The molecular weight excluding hydrogens is 362 g/mol. The molecule has 1 saturated carbocycles. The average molecular weight is 402 g/mol. The van der Waals surface area contributed by atoms with Crippen LogP contribution in [0.1, 0.15) is 58.8 Å². The van der Waals surface area contributed by atoms with Gasteiger partial charge < -0.3 is 15.5 Å². The number of likely N-dealkylation sites (tertiary alicyclic amines) is 1. The van der Waals surface area contributed by atoms with Gasteiger partial charge in [0.1, 0.15) is 0 Å². The summed E-state index contributed by atoms with van der Waals surface area (Å²) < 4.78 is 26.0. The second-order valence-electron chi connectivity index (χ2n) is 7.65. The molecule has 0 amide bonds. The van der Waals surface area contributed by atoms with E-state index >= 15 is 0 Å². The highest BCUT2D eigenvalue weighted by Gasteiger charge is 2.26. The average Bonchev–Trinajstić information content (AvgIpc) is 2.69. The van der Waals surface area contributed by atoms with Crippen LogP contribution in [0.15, 0.2) is 4.99 Å². The van der Waals surface area contributed by atoms with Crippen molar-refractivity contribution in [3.63, 3.8) is 0 Å². The molecule has 1 aliphatic carbocycles. The Kier molecular flexibility index (Phi) is 9.32. The summed E-state index contributed by atoms with van der Waals surface area (Å²) in [6.45, 7) is 7.45. The number of hydrogen-bond acceptors (Lipinski definition) is 4. The Morgan fingerprint density at radius 2 is 1.70 bits per heavy atom. The summed E-state index contributed by atoms with van der Waals surface area (Å²) in [4.78, 5) is 6.94. The molecule has 1 heterocycles. The van der Waals surface area contributed by atoms with E-state index in [9.17, 15) is 8.42 Å². The number of rotatable bonds is 8. The Morgan fingerprint density at radius 3 is 2.26 bits per heavy atom. The van der Waals surface area contributed by atoms with Gasteiger partial charge in [-0.1, -0.05) is 33.1 Å². The Labute approximate surface area is 166 Å². The van der Waals surface area contributed by atoms with E-state index in [-0.39, 0.29) is 5.75 Å². The molecule has 7 nitrogen and oxygen atoms in total. The van der Waals surface area contributed by atoms with Gasteiger partial charge in [-0.3, -0.25) is 4.99 Å². The zero-order valence-electron chi connectivity index (χ0n) is 17.4. The number of guanidine groups is 1. The molecule has 27 heavy (non-hydrogen) atoms. The van der Waals surface area contributed by atoms with Crippen LogP contribution in [0.3, 0.4) is 0 Å². The topological polar surface area (TPSA) is 77.0 Å². The molecule has 1 aliphatic heterocycles. The van der Waals surface area contributed by atoms with Crippen LogP contribution in [0.2, 0.25) is 0 Å². The third kappa shape index (κ3) is 6.91. The Morgan fingerprint density at radius 1 is 1.07 bits per heavy atom. The van der Waals surface area contributed by atoms with E-state index in [4.69, 9.17) is 0 Å². The highest BCUT2D eigenvalue weighted by molar-refractivity contribution is 7.89. The first-order valence-corrected chi connectivity index (χ1v) is 12.3. The van der Waals surface area contributed by atoms with Gasteiger partial charge in [-0.25, -0.2) is 12.7 Å². The predicted molar refractivity (Wildman–Crippen MR) is 113 cm³/mol. The fourth-order valence-corrected chi connectivity index (χ4v) is 5.69. The van der Waals surface area contributed by atoms with Gasteiger partial charge in [0.15, 0.2) is 5.96 Å². The van der Waals surface area contributed by atoms with E-state index in [0.717, 1.165) is 32.0 Å². The van der Waals surface area contributed by atoms with E-state index in [2.05, 4.69) is 20.5 Å². The van der Waals surface area contributed by atoms with Crippen molar-refractivity contribution in [3.05, 3.63) is 0 Å². The summed E-state index contributed by atoms with van der Waals surface area (Å²) in [6, 6.07) is 1.21. The predicted octanol–water partition coefficient (Wildman–Crippen LogP) is 1.62. The maximum absolute atomic E-state index is 12.3. The molecule has 0 spiro atoms. The summed E-state index contributed by atoms with van der Waals surface area (Å²) >= 11 is 0. The number of nitrogens with one attached hydrogen (secondary N) is 2. The lowest BCUT2D eigenvalue weighted by Gasteiger charge is -2.39. The molecule has 0 radical (unpaired) electrons. The van der Waals surface area contributed by atoms with Crippen LogP contribution in [0.5, 0.6) is 0 Å². The molecule has 0 aromatic heterocycles. The molecule has 2 N–H and O–H groups in total. The summed E-state index contributed by atoms with van der Waals surface area (Å²) in [5, 5.41) is 6.65. The van der Waals surface area contributed by atoms with E-state index in [1.54, 1.807) is 7.05 Å². The molecule has 2 rings (SSSR count). The van der Waals surface area contributed by atoms with Crippen LogP contribution in [0.25, 0.3) is 0 Å². The standard InChI is InChI=1S/C19H39N5O2S/c1-4-24(5-2)27(25,26)16-13-21-19(20-3)22-17-11-14-23(15-12-17)18-9-7-6-8-10-18/h17-18H,4-16H2,1-3H3,(H2,20,21,22). The first kappa shape index (κ1) is 22.4. The summed E-state index contributed by atoms with van der Waals surface area (Å²) in [7, 11) is -1.46. The number of nitrogens with zero attached hydrogens (tertiary/aromatic N) is 3. The largest absolute Gasteiger partial charge is 0.355 e. The lowest BCUT2D eigenvalue weighted by molar-refractivity contribution is 0.119. The fourth-order valence-electron chi connectivity index (χ4n) is 4.29. The van der Waals surface area contributed by atoms with Gasteiger partial charge in [-0.05, 0) is 25.7 Å². The lowest BCUT2D eigenvalue weighted by atomic mass is 9.92. The molecule has 0 aromatic carbocycles. The minimum atomic E-state index is -3.20. The molecule has 2 aliphatic rings. The van der Waals surface area contributed by atoms with Gasteiger partial charge in [0.05, 0.1) is 5.75 Å².